The summed E-state index contributed by atoms with van der Waals surface area (Å²) in [7, 11) is 0. The molecule has 1 aliphatic rings. The van der Waals surface area contributed by atoms with Crippen molar-refractivity contribution in [2.24, 2.45) is 0 Å². The molecule has 1 fully saturated rings. The molecule has 1 amide bonds. The Morgan fingerprint density at radius 3 is 2.72 bits per heavy atom. The summed E-state index contributed by atoms with van der Waals surface area (Å²) in [6, 6.07) is 1.73. The smallest absolute Gasteiger partial charge is 0.273 e. The summed E-state index contributed by atoms with van der Waals surface area (Å²) < 4.78 is 3.41. The molecule has 4 rings (SSSR count). The van der Waals surface area contributed by atoms with Crippen molar-refractivity contribution < 1.29 is 4.79 Å². The molecule has 3 N–H and O–H groups in total. The number of fused-ring (bicyclic) bond motifs is 1. The molecule has 0 spiro atoms. The highest BCUT2D eigenvalue weighted by Gasteiger charge is 2.19. The van der Waals surface area contributed by atoms with Crippen molar-refractivity contribution in [1.82, 2.24) is 40.2 Å². The van der Waals surface area contributed by atoms with Crippen molar-refractivity contribution in [2.75, 3.05) is 13.1 Å². The van der Waals surface area contributed by atoms with Crippen molar-refractivity contribution in [3.05, 3.63) is 45.3 Å². The largest absolute Gasteiger partial charge is 0.346 e. The fourth-order valence-corrected chi connectivity index (χ4v) is 3.50. The fourth-order valence-electron chi connectivity index (χ4n) is 3.50. The first-order chi connectivity index (χ1) is 13.0. The lowest BCUT2D eigenvalue weighted by Gasteiger charge is -2.22. The maximum Gasteiger partial charge on any atom is 0.273 e. The van der Waals surface area contributed by atoms with E-state index in [0.29, 0.717) is 17.9 Å². The summed E-state index contributed by atoms with van der Waals surface area (Å²) in [6.45, 7) is 5.93. The van der Waals surface area contributed by atoms with Gasteiger partial charge in [0.1, 0.15) is 0 Å². The number of rotatable bonds is 4. The summed E-state index contributed by atoms with van der Waals surface area (Å²) in [4.78, 5) is 28.4. The normalized spacial score (nSPS) is 14.3. The molecule has 0 unspecified atom stereocenters. The Morgan fingerprint density at radius 1 is 1.28 bits per heavy atom. The van der Waals surface area contributed by atoms with E-state index in [-0.39, 0.29) is 42.3 Å². The fraction of sp³-hybridized carbons (Fsp3) is 0.471. The van der Waals surface area contributed by atoms with Gasteiger partial charge in [0.05, 0.1) is 12.2 Å². The maximum absolute atomic E-state index is 12.5. The molecule has 3 aromatic rings. The molecule has 0 radical (unpaired) electrons. The van der Waals surface area contributed by atoms with Gasteiger partial charge in [-0.15, -0.1) is 29.9 Å². The van der Waals surface area contributed by atoms with Crippen LogP contribution < -0.4 is 16.2 Å². The summed E-state index contributed by atoms with van der Waals surface area (Å²) in [5.41, 5.74) is 3.11. The van der Waals surface area contributed by atoms with Crippen molar-refractivity contribution in [1.29, 1.82) is 0 Å². The van der Waals surface area contributed by atoms with Crippen LogP contribution >= 0.6 is 24.8 Å². The third kappa shape index (κ3) is 4.60. The van der Waals surface area contributed by atoms with Gasteiger partial charge in [-0.1, -0.05) is 5.21 Å². The van der Waals surface area contributed by atoms with Crippen molar-refractivity contribution in [3.8, 4) is 0 Å². The second-order valence-electron chi connectivity index (χ2n) is 6.82. The van der Waals surface area contributed by atoms with Gasteiger partial charge < -0.3 is 10.6 Å². The monoisotopic (exact) mass is 442 g/mol. The average molecular weight is 443 g/mol. The van der Waals surface area contributed by atoms with Crippen LogP contribution in [0.2, 0.25) is 0 Å². The van der Waals surface area contributed by atoms with E-state index in [1.165, 1.54) is 6.07 Å². The average Bonchev–Trinajstić information content (AvgIpc) is 3.29. The summed E-state index contributed by atoms with van der Waals surface area (Å²) in [5.74, 6) is -0.282. The lowest BCUT2D eigenvalue weighted by atomic mass is 10.1. The van der Waals surface area contributed by atoms with Crippen LogP contribution in [-0.4, -0.2) is 48.6 Å². The van der Waals surface area contributed by atoms with E-state index in [9.17, 15) is 9.59 Å². The molecule has 4 heterocycles. The van der Waals surface area contributed by atoms with E-state index >= 15 is 0 Å². The SMILES string of the molecule is Cc1nc2cc(=O)[nH]n2c(C)c1CNC(=O)c1cn(C2CCNCC2)nn1.Cl.Cl. The van der Waals surface area contributed by atoms with E-state index < -0.39 is 0 Å². The minimum atomic E-state index is -0.282. The van der Waals surface area contributed by atoms with E-state index in [1.807, 2.05) is 13.8 Å². The highest BCUT2D eigenvalue weighted by Crippen LogP contribution is 2.17. The van der Waals surface area contributed by atoms with E-state index in [1.54, 1.807) is 15.4 Å². The van der Waals surface area contributed by atoms with Crippen LogP contribution in [0.25, 0.3) is 5.65 Å². The Hall–Kier alpha value is -2.43. The first-order valence-corrected chi connectivity index (χ1v) is 9.01. The van der Waals surface area contributed by atoms with Crippen molar-refractivity contribution >= 4 is 36.4 Å². The number of aromatic amines is 1. The molecule has 0 atom stereocenters. The first kappa shape index (κ1) is 22.9. The number of piperidine rings is 1. The number of carbonyl (C=O) groups is 1. The number of halogens is 2. The zero-order valence-electron chi connectivity index (χ0n) is 16.1. The Morgan fingerprint density at radius 2 is 2.00 bits per heavy atom. The Bertz CT molecular complexity index is 1050. The molecule has 0 saturated carbocycles. The number of aryl methyl sites for hydroxylation is 2. The van der Waals surface area contributed by atoms with Crippen LogP contribution in [0.4, 0.5) is 0 Å². The van der Waals surface area contributed by atoms with Crippen LogP contribution in [0.1, 0.15) is 46.3 Å². The predicted molar refractivity (Wildman–Crippen MR) is 112 cm³/mol. The zero-order chi connectivity index (χ0) is 19.0. The summed E-state index contributed by atoms with van der Waals surface area (Å²) in [5, 5.41) is 17.0. The van der Waals surface area contributed by atoms with Gasteiger partial charge in [-0.2, -0.15) is 0 Å². The quantitative estimate of drug-likeness (QED) is 0.552. The molecule has 1 aliphatic heterocycles. The number of H-pyrrole nitrogens is 1. The van der Waals surface area contributed by atoms with Crippen LogP contribution in [0, 0.1) is 13.8 Å². The minimum absolute atomic E-state index is 0. The second-order valence-corrected chi connectivity index (χ2v) is 6.82. The second kappa shape index (κ2) is 9.38. The molecule has 0 bridgehead atoms. The molecular weight excluding hydrogens is 419 g/mol. The standard InChI is InChI=1S/C17H22N8O2.2ClH/c1-10-13(11(2)25-15(20-10)7-16(26)22-25)8-19-17(27)14-9-24(23-21-14)12-3-5-18-6-4-12;;/h7,9,12,18H,3-6,8H2,1-2H3,(H,19,27)(H,22,26);2*1H. The van der Waals surface area contributed by atoms with Gasteiger partial charge in [-0.25, -0.2) is 14.2 Å². The molecule has 1 saturated heterocycles. The number of hydrogen-bond acceptors (Lipinski definition) is 6. The predicted octanol–water partition coefficient (Wildman–Crippen LogP) is 0.929. The van der Waals surface area contributed by atoms with Gasteiger partial charge >= 0.3 is 0 Å². The number of hydrogen-bond donors (Lipinski definition) is 3. The Balaban J connectivity index is 0.00000150. The molecule has 0 aliphatic carbocycles. The van der Waals surface area contributed by atoms with Gasteiger partial charge in [0.2, 0.25) is 0 Å². The Labute approximate surface area is 179 Å². The highest BCUT2D eigenvalue weighted by molar-refractivity contribution is 5.91. The van der Waals surface area contributed by atoms with Crippen LogP contribution in [0.3, 0.4) is 0 Å². The van der Waals surface area contributed by atoms with Crippen molar-refractivity contribution in [3.63, 3.8) is 0 Å². The third-order valence-corrected chi connectivity index (χ3v) is 5.05. The molecular formula is C17H24Cl2N8O2. The lowest BCUT2D eigenvalue weighted by Crippen LogP contribution is -2.29. The number of carbonyl (C=O) groups excluding carboxylic acids is 1. The van der Waals surface area contributed by atoms with Gasteiger partial charge in [-0.3, -0.25) is 14.7 Å². The topological polar surface area (TPSA) is 122 Å². The van der Waals surface area contributed by atoms with E-state index in [0.717, 1.165) is 42.9 Å². The molecule has 0 aromatic carbocycles. The zero-order valence-corrected chi connectivity index (χ0v) is 17.8. The van der Waals surface area contributed by atoms with Gasteiger partial charge in [0, 0.05) is 29.6 Å². The van der Waals surface area contributed by atoms with E-state index in [2.05, 4.69) is 31.0 Å². The number of nitrogens with one attached hydrogen (secondary N) is 3. The van der Waals surface area contributed by atoms with Gasteiger partial charge in [0.15, 0.2) is 11.3 Å². The minimum Gasteiger partial charge on any atom is -0.346 e. The lowest BCUT2D eigenvalue weighted by molar-refractivity contribution is 0.0945. The van der Waals surface area contributed by atoms with Crippen LogP contribution in [-0.2, 0) is 6.54 Å². The summed E-state index contributed by atoms with van der Waals surface area (Å²) >= 11 is 0. The third-order valence-electron chi connectivity index (χ3n) is 5.05. The molecule has 158 valence electrons. The van der Waals surface area contributed by atoms with Crippen LogP contribution in [0.5, 0.6) is 0 Å². The molecule has 29 heavy (non-hydrogen) atoms. The van der Waals surface area contributed by atoms with E-state index in [4.69, 9.17) is 0 Å². The Kier molecular flexibility index (Phi) is 7.39. The number of nitrogens with zero attached hydrogens (tertiary/aromatic N) is 5. The van der Waals surface area contributed by atoms with Crippen molar-refractivity contribution in [2.45, 2.75) is 39.3 Å². The molecule has 12 heteroatoms. The van der Waals surface area contributed by atoms with Gasteiger partial charge in [0.25, 0.3) is 11.5 Å². The summed E-state index contributed by atoms with van der Waals surface area (Å²) in [6.07, 6.45) is 3.66. The van der Waals surface area contributed by atoms with Crippen LogP contribution in [0.15, 0.2) is 17.1 Å². The number of amides is 1. The highest BCUT2D eigenvalue weighted by atomic mass is 35.5. The number of aromatic nitrogens is 6. The maximum atomic E-state index is 12.5. The molecule has 3 aromatic heterocycles. The van der Waals surface area contributed by atoms with Gasteiger partial charge in [-0.05, 0) is 39.8 Å². The molecule has 10 nitrogen and oxygen atoms in total. The first-order valence-electron chi connectivity index (χ1n) is 9.01.